The number of alkyl halides is 1. The molecular weight excluding hydrogens is 307 g/mol. The van der Waals surface area contributed by atoms with Gasteiger partial charge >= 0.3 is 0 Å². The summed E-state index contributed by atoms with van der Waals surface area (Å²) in [5.41, 5.74) is 1.37. The zero-order valence-corrected chi connectivity index (χ0v) is 12.8. The molecule has 0 aliphatic rings. The zero-order valence-electron chi connectivity index (χ0n) is 11.2. The van der Waals surface area contributed by atoms with Gasteiger partial charge in [0.1, 0.15) is 0 Å². The standard InChI is InChI=1S/C15H18BrFN2/c1-3-7-11(2)14(16)13-10-18-19(15(13)17)12-8-5-4-6-9-12/h4-6,8-11,14H,3,7H2,1-2H3. The van der Waals surface area contributed by atoms with Crippen molar-refractivity contribution in [1.82, 2.24) is 9.78 Å². The van der Waals surface area contributed by atoms with Gasteiger partial charge in [-0.2, -0.15) is 9.49 Å². The topological polar surface area (TPSA) is 17.8 Å². The van der Waals surface area contributed by atoms with Crippen molar-refractivity contribution in [3.8, 4) is 5.69 Å². The maximum absolute atomic E-state index is 14.4. The van der Waals surface area contributed by atoms with E-state index in [1.807, 2.05) is 30.3 Å². The maximum atomic E-state index is 14.4. The molecular formula is C15H18BrFN2. The minimum atomic E-state index is -0.281. The van der Waals surface area contributed by atoms with Crippen molar-refractivity contribution in [3.63, 3.8) is 0 Å². The molecule has 2 aromatic rings. The summed E-state index contributed by atoms with van der Waals surface area (Å²) in [6.07, 6.45) is 3.78. The van der Waals surface area contributed by atoms with Crippen molar-refractivity contribution in [2.75, 3.05) is 0 Å². The highest BCUT2D eigenvalue weighted by Gasteiger charge is 2.22. The molecule has 0 saturated carbocycles. The summed E-state index contributed by atoms with van der Waals surface area (Å²) in [7, 11) is 0. The number of aromatic nitrogens is 2. The lowest BCUT2D eigenvalue weighted by Crippen LogP contribution is -2.06. The normalized spacial score (nSPS) is 14.3. The highest BCUT2D eigenvalue weighted by molar-refractivity contribution is 9.09. The third-order valence-corrected chi connectivity index (χ3v) is 4.67. The number of nitrogens with zero attached hydrogens (tertiary/aromatic N) is 2. The second kappa shape index (κ2) is 6.33. The number of rotatable bonds is 5. The van der Waals surface area contributed by atoms with Gasteiger partial charge in [0.05, 0.1) is 11.9 Å². The molecule has 0 amide bonds. The molecule has 19 heavy (non-hydrogen) atoms. The Bertz CT molecular complexity index is 524. The SMILES string of the molecule is CCCC(C)C(Br)c1cnn(-c2ccccc2)c1F. The van der Waals surface area contributed by atoms with Crippen molar-refractivity contribution in [2.24, 2.45) is 5.92 Å². The van der Waals surface area contributed by atoms with Crippen LogP contribution in [0.5, 0.6) is 0 Å². The average Bonchev–Trinajstić information content (AvgIpc) is 2.81. The van der Waals surface area contributed by atoms with Gasteiger partial charge in [0.2, 0.25) is 5.95 Å². The van der Waals surface area contributed by atoms with Gasteiger partial charge in [-0.25, -0.2) is 4.68 Å². The number of halogens is 2. The summed E-state index contributed by atoms with van der Waals surface area (Å²) in [5, 5.41) is 4.16. The van der Waals surface area contributed by atoms with Crippen LogP contribution in [0.4, 0.5) is 4.39 Å². The molecule has 1 aromatic carbocycles. The van der Waals surface area contributed by atoms with Gasteiger partial charge in [-0.1, -0.05) is 54.4 Å². The van der Waals surface area contributed by atoms with Crippen LogP contribution in [0.2, 0.25) is 0 Å². The fourth-order valence-electron chi connectivity index (χ4n) is 2.19. The van der Waals surface area contributed by atoms with Crippen LogP contribution >= 0.6 is 15.9 Å². The van der Waals surface area contributed by atoms with Gasteiger partial charge in [-0.15, -0.1) is 0 Å². The number of hydrogen-bond acceptors (Lipinski definition) is 1. The second-order valence-corrected chi connectivity index (χ2v) is 5.79. The minimum absolute atomic E-state index is 0.00455. The smallest absolute Gasteiger partial charge is 0.206 e. The molecule has 2 nitrogen and oxygen atoms in total. The summed E-state index contributed by atoms with van der Waals surface area (Å²) >= 11 is 3.60. The number of hydrogen-bond donors (Lipinski definition) is 0. The predicted molar refractivity (Wildman–Crippen MR) is 79.3 cm³/mol. The number of para-hydroxylation sites is 1. The third kappa shape index (κ3) is 3.06. The van der Waals surface area contributed by atoms with E-state index in [4.69, 9.17) is 0 Å². The molecule has 0 bridgehead atoms. The van der Waals surface area contributed by atoms with E-state index in [-0.39, 0.29) is 10.8 Å². The van der Waals surface area contributed by atoms with E-state index in [0.29, 0.717) is 11.5 Å². The first kappa shape index (κ1) is 14.3. The van der Waals surface area contributed by atoms with Crippen LogP contribution in [-0.4, -0.2) is 9.78 Å². The average molecular weight is 325 g/mol. The van der Waals surface area contributed by atoms with Crippen LogP contribution in [0.25, 0.3) is 5.69 Å². The first-order chi connectivity index (χ1) is 9.15. The fraction of sp³-hybridized carbons (Fsp3) is 0.400. The lowest BCUT2D eigenvalue weighted by molar-refractivity contribution is 0.483. The van der Waals surface area contributed by atoms with Crippen molar-refractivity contribution in [3.05, 3.63) is 48.0 Å². The maximum Gasteiger partial charge on any atom is 0.220 e. The largest absolute Gasteiger partial charge is 0.220 e. The Kier molecular flexibility index (Phi) is 4.75. The van der Waals surface area contributed by atoms with E-state index >= 15 is 0 Å². The molecule has 1 heterocycles. The lowest BCUT2D eigenvalue weighted by atomic mass is 9.98. The molecule has 102 valence electrons. The molecule has 0 fully saturated rings. The fourth-order valence-corrected chi connectivity index (χ4v) is 2.76. The van der Waals surface area contributed by atoms with E-state index in [2.05, 4.69) is 34.9 Å². The minimum Gasteiger partial charge on any atom is -0.206 e. The van der Waals surface area contributed by atoms with Gasteiger partial charge in [0, 0.05) is 10.4 Å². The molecule has 0 aliphatic carbocycles. The van der Waals surface area contributed by atoms with Gasteiger partial charge in [-0.05, 0) is 24.5 Å². The molecule has 1 aromatic heterocycles. The van der Waals surface area contributed by atoms with Gasteiger partial charge in [-0.3, -0.25) is 0 Å². The van der Waals surface area contributed by atoms with Gasteiger partial charge in [0.15, 0.2) is 0 Å². The molecule has 0 spiro atoms. The molecule has 0 N–H and O–H groups in total. The van der Waals surface area contributed by atoms with E-state index < -0.39 is 0 Å². The van der Waals surface area contributed by atoms with Gasteiger partial charge in [0.25, 0.3) is 0 Å². The lowest BCUT2D eigenvalue weighted by Gasteiger charge is -2.16. The third-order valence-electron chi connectivity index (χ3n) is 3.28. The first-order valence-corrected chi connectivity index (χ1v) is 7.49. The Morgan fingerprint density at radius 2 is 2.00 bits per heavy atom. The monoisotopic (exact) mass is 324 g/mol. The molecule has 2 rings (SSSR count). The van der Waals surface area contributed by atoms with E-state index in [0.717, 1.165) is 18.5 Å². The Balaban J connectivity index is 2.28. The highest BCUT2D eigenvalue weighted by Crippen LogP contribution is 2.35. The predicted octanol–water partition coefficient (Wildman–Crippen LogP) is 4.88. The Morgan fingerprint density at radius 3 is 2.63 bits per heavy atom. The summed E-state index contributed by atoms with van der Waals surface area (Å²) in [6.45, 7) is 4.27. The first-order valence-electron chi connectivity index (χ1n) is 6.58. The van der Waals surface area contributed by atoms with Crippen LogP contribution in [-0.2, 0) is 0 Å². The van der Waals surface area contributed by atoms with Crippen molar-refractivity contribution in [1.29, 1.82) is 0 Å². The molecule has 4 heteroatoms. The zero-order chi connectivity index (χ0) is 13.8. The second-order valence-electron chi connectivity index (χ2n) is 4.81. The summed E-state index contributed by atoms with van der Waals surface area (Å²) in [4.78, 5) is 0.00455. The van der Waals surface area contributed by atoms with Crippen LogP contribution in [0.1, 0.15) is 37.1 Å². The van der Waals surface area contributed by atoms with Crippen LogP contribution in [0, 0.1) is 11.9 Å². The summed E-state index contributed by atoms with van der Waals surface area (Å²) in [6, 6.07) is 9.35. The molecule has 2 unspecified atom stereocenters. The summed E-state index contributed by atoms with van der Waals surface area (Å²) < 4.78 is 15.8. The Morgan fingerprint density at radius 1 is 1.32 bits per heavy atom. The van der Waals surface area contributed by atoms with Gasteiger partial charge < -0.3 is 0 Å². The summed E-state index contributed by atoms with van der Waals surface area (Å²) in [5.74, 6) is 0.101. The number of benzene rings is 1. The Hall–Kier alpha value is -1.16. The molecule has 0 saturated heterocycles. The van der Waals surface area contributed by atoms with E-state index in [9.17, 15) is 4.39 Å². The van der Waals surface area contributed by atoms with Crippen molar-refractivity contribution < 1.29 is 4.39 Å². The van der Waals surface area contributed by atoms with Crippen LogP contribution in [0.15, 0.2) is 36.5 Å². The van der Waals surface area contributed by atoms with Crippen LogP contribution < -0.4 is 0 Å². The van der Waals surface area contributed by atoms with Crippen LogP contribution in [0.3, 0.4) is 0 Å². The molecule has 0 radical (unpaired) electrons. The van der Waals surface area contributed by atoms with E-state index in [1.54, 1.807) is 6.20 Å². The van der Waals surface area contributed by atoms with Crippen molar-refractivity contribution >= 4 is 15.9 Å². The molecule has 0 aliphatic heterocycles. The van der Waals surface area contributed by atoms with E-state index in [1.165, 1.54) is 4.68 Å². The Labute approximate surface area is 121 Å². The van der Waals surface area contributed by atoms with Crippen molar-refractivity contribution in [2.45, 2.75) is 31.5 Å². The quantitative estimate of drug-likeness (QED) is 0.716. The highest BCUT2D eigenvalue weighted by atomic mass is 79.9. The molecule has 2 atom stereocenters.